The van der Waals surface area contributed by atoms with Crippen LogP contribution in [0, 0.1) is 0 Å². The van der Waals surface area contributed by atoms with Crippen LogP contribution in [0.1, 0.15) is 60.8 Å². The van der Waals surface area contributed by atoms with E-state index in [2.05, 4.69) is 0 Å². The highest BCUT2D eigenvalue weighted by Gasteiger charge is 2.43. The van der Waals surface area contributed by atoms with Gasteiger partial charge >= 0.3 is 0 Å². The zero-order chi connectivity index (χ0) is 23.2. The molecule has 0 fully saturated rings. The molecule has 4 rings (SSSR count). The molecule has 32 heavy (non-hydrogen) atoms. The molecule has 6 heteroatoms. The molecular weight excluding hydrogens is 408 g/mol. The molecule has 0 amide bonds. The number of carbonyl (C=O) groups excluding carboxylic acids is 1. The first-order valence-corrected chi connectivity index (χ1v) is 10.6. The van der Waals surface area contributed by atoms with Gasteiger partial charge in [0.25, 0.3) is 0 Å². The van der Waals surface area contributed by atoms with Gasteiger partial charge in [-0.1, -0.05) is 23.8 Å². The van der Waals surface area contributed by atoms with Crippen LogP contribution in [0.4, 0.5) is 0 Å². The molecule has 6 nitrogen and oxygen atoms in total. The van der Waals surface area contributed by atoms with Crippen LogP contribution in [0.2, 0.25) is 0 Å². The molecular formula is C26H28O6. The molecule has 0 saturated heterocycles. The van der Waals surface area contributed by atoms with Gasteiger partial charge in [0, 0.05) is 5.56 Å². The van der Waals surface area contributed by atoms with E-state index in [1.165, 1.54) is 19.2 Å². The SMILES string of the molecule is COc1c2c(c(CC=C(C)C)c3c1C(=O)[C@@H](O)[C@H](c1ccc(O)cc1)O3)OC(C)(C)C=C2. The van der Waals surface area contributed by atoms with Gasteiger partial charge in [0.05, 0.1) is 12.7 Å². The minimum Gasteiger partial charge on any atom is -0.508 e. The predicted molar refractivity (Wildman–Crippen MR) is 122 cm³/mol. The second kappa shape index (κ2) is 8.02. The van der Waals surface area contributed by atoms with Crippen molar-refractivity contribution in [2.45, 2.75) is 51.9 Å². The van der Waals surface area contributed by atoms with E-state index in [1.54, 1.807) is 12.1 Å². The average Bonchev–Trinajstić information content (AvgIpc) is 2.74. The van der Waals surface area contributed by atoms with Crippen molar-refractivity contribution in [1.82, 2.24) is 0 Å². The Balaban J connectivity index is 1.96. The Morgan fingerprint density at radius 2 is 1.88 bits per heavy atom. The van der Waals surface area contributed by atoms with E-state index in [0.717, 1.165) is 11.1 Å². The van der Waals surface area contributed by atoms with E-state index in [4.69, 9.17) is 14.2 Å². The zero-order valence-corrected chi connectivity index (χ0v) is 18.9. The van der Waals surface area contributed by atoms with Crippen LogP contribution in [-0.2, 0) is 6.42 Å². The minimum absolute atomic E-state index is 0.0909. The summed E-state index contributed by atoms with van der Waals surface area (Å²) in [5, 5.41) is 20.5. The van der Waals surface area contributed by atoms with Crippen LogP contribution in [0.3, 0.4) is 0 Å². The number of phenolic OH excluding ortho intramolecular Hbond substituents is 1. The standard InChI is InChI=1S/C26H28O6/c1-14(2)6-11-17-23-18(12-13-26(3,4)32-23)24(30-5)19-20(28)21(29)22(31-25(17)19)15-7-9-16(27)10-8-15/h6-10,12-13,21-22,27,29H,11H2,1-5H3/t21-,22+/m1/s1. The lowest BCUT2D eigenvalue weighted by Crippen LogP contribution is -2.37. The van der Waals surface area contributed by atoms with Gasteiger partial charge in [-0.05, 0) is 64.0 Å². The number of allylic oxidation sites excluding steroid dienone is 2. The summed E-state index contributed by atoms with van der Waals surface area (Å²) >= 11 is 0. The third kappa shape index (κ3) is 3.75. The topological polar surface area (TPSA) is 85.2 Å². The summed E-state index contributed by atoms with van der Waals surface area (Å²) in [5.41, 5.74) is 2.78. The van der Waals surface area contributed by atoms with Gasteiger partial charge in [0.2, 0.25) is 5.78 Å². The van der Waals surface area contributed by atoms with Crippen molar-refractivity contribution in [3.63, 3.8) is 0 Å². The third-order valence-corrected chi connectivity index (χ3v) is 5.69. The van der Waals surface area contributed by atoms with Crippen LogP contribution >= 0.6 is 0 Å². The number of carbonyl (C=O) groups is 1. The van der Waals surface area contributed by atoms with Gasteiger partial charge in [0.1, 0.15) is 34.2 Å². The lowest BCUT2D eigenvalue weighted by molar-refractivity contribution is 0.0203. The fraction of sp³-hybridized carbons (Fsp3) is 0.346. The zero-order valence-electron chi connectivity index (χ0n) is 18.9. The Bertz CT molecular complexity index is 1120. The smallest absolute Gasteiger partial charge is 0.202 e. The second-order valence-corrected chi connectivity index (χ2v) is 8.92. The van der Waals surface area contributed by atoms with Crippen LogP contribution in [0.5, 0.6) is 23.0 Å². The summed E-state index contributed by atoms with van der Waals surface area (Å²) in [6.07, 6.45) is 4.02. The molecule has 168 valence electrons. The predicted octanol–water partition coefficient (Wildman–Crippen LogP) is 4.77. The first kappa shape index (κ1) is 22.0. The van der Waals surface area contributed by atoms with Crippen molar-refractivity contribution in [2.24, 2.45) is 0 Å². The molecule has 2 atom stereocenters. The number of Topliss-reactive ketones (excluding diaryl/α,β-unsaturated/α-hetero) is 1. The number of ketones is 1. The van der Waals surface area contributed by atoms with E-state index < -0.39 is 23.6 Å². The molecule has 2 heterocycles. The third-order valence-electron chi connectivity index (χ3n) is 5.69. The van der Waals surface area contributed by atoms with Crippen molar-refractivity contribution in [2.75, 3.05) is 7.11 Å². The quantitative estimate of drug-likeness (QED) is 0.672. The highest BCUT2D eigenvalue weighted by Crippen LogP contribution is 2.51. The second-order valence-electron chi connectivity index (χ2n) is 8.92. The molecule has 2 N–H and O–H groups in total. The summed E-state index contributed by atoms with van der Waals surface area (Å²) in [6, 6.07) is 6.27. The van der Waals surface area contributed by atoms with Gasteiger partial charge in [-0.25, -0.2) is 0 Å². The van der Waals surface area contributed by atoms with Crippen LogP contribution < -0.4 is 14.2 Å². The molecule has 0 aromatic heterocycles. The van der Waals surface area contributed by atoms with Crippen LogP contribution in [0.15, 0.2) is 42.0 Å². The van der Waals surface area contributed by atoms with Crippen molar-refractivity contribution in [3.8, 4) is 23.0 Å². The van der Waals surface area contributed by atoms with E-state index in [0.29, 0.717) is 34.8 Å². The molecule has 0 saturated carbocycles. The largest absolute Gasteiger partial charge is 0.508 e. The first-order chi connectivity index (χ1) is 15.1. The van der Waals surface area contributed by atoms with Crippen LogP contribution in [0.25, 0.3) is 6.08 Å². The Morgan fingerprint density at radius 3 is 2.50 bits per heavy atom. The molecule has 0 bridgehead atoms. The number of aliphatic hydroxyl groups is 1. The van der Waals surface area contributed by atoms with Crippen molar-refractivity contribution in [3.05, 3.63) is 64.2 Å². The monoisotopic (exact) mass is 436 g/mol. The van der Waals surface area contributed by atoms with E-state index in [9.17, 15) is 15.0 Å². The highest BCUT2D eigenvalue weighted by molar-refractivity contribution is 6.07. The maximum atomic E-state index is 13.4. The number of benzene rings is 2. The van der Waals surface area contributed by atoms with Crippen molar-refractivity contribution >= 4 is 11.9 Å². The number of phenols is 1. The number of rotatable bonds is 4. The number of methoxy groups -OCH3 is 1. The maximum Gasteiger partial charge on any atom is 0.202 e. The number of fused-ring (bicyclic) bond motifs is 2. The highest BCUT2D eigenvalue weighted by atomic mass is 16.5. The number of hydrogen-bond acceptors (Lipinski definition) is 6. The average molecular weight is 437 g/mol. The number of hydrogen-bond donors (Lipinski definition) is 2. The lowest BCUT2D eigenvalue weighted by atomic mass is 9.87. The molecule has 2 aliphatic rings. The van der Waals surface area contributed by atoms with E-state index >= 15 is 0 Å². The van der Waals surface area contributed by atoms with E-state index in [-0.39, 0.29) is 11.3 Å². The maximum absolute atomic E-state index is 13.4. The fourth-order valence-corrected chi connectivity index (χ4v) is 4.06. The molecule has 0 radical (unpaired) electrons. The number of aliphatic hydroxyl groups excluding tert-OH is 1. The fourth-order valence-electron chi connectivity index (χ4n) is 4.06. The molecule has 0 aliphatic carbocycles. The van der Waals surface area contributed by atoms with Gasteiger partial charge in [-0.2, -0.15) is 0 Å². The summed E-state index contributed by atoms with van der Waals surface area (Å²) < 4.78 is 18.3. The Kier molecular flexibility index (Phi) is 5.51. The molecule has 2 aliphatic heterocycles. The first-order valence-electron chi connectivity index (χ1n) is 10.6. The summed E-state index contributed by atoms with van der Waals surface area (Å²) in [6.45, 7) is 7.92. The summed E-state index contributed by atoms with van der Waals surface area (Å²) in [4.78, 5) is 13.4. The van der Waals surface area contributed by atoms with Gasteiger partial charge in [0.15, 0.2) is 12.2 Å². The van der Waals surface area contributed by atoms with Crippen molar-refractivity contribution < 1.29 is 29.2 Å². The molecule has 0 spiro atoms. The molecule has 0 unspecified atom stereocenters. The van der Waals surface area contributed by atoms with Gasteiger partial charge in [-0.3, -0.25) is 4.79 Å². The van der Waals surface area contributed by atoms with Crippen molar-refractivity contribution in [1.29, 1.82) is 0 Å². The van der Waals surface area contributed by atoms with Gasteiger partial charge in [-0.15, -0.1) is 0 Å². The van der Waals surface area contributed by atoms with E-state index in [1.807, 2.05) is 45.9 Å². The summed E-state index contributed by atoms with van der Waals surface area (Å²) in [5.74, 6) is 0.918. The summed E-state index contributed by atoms with van der Waals surface area (Å²) in [7, 11) is 1.49. The number of aromatic hydroxyl groups is 1. The molecule has 2 aromatic carbocycles. The lowest BCUT2D eigenvalue weighted by Gasteiger charge is -2.36. The number of ether oxygens (including phenoxy) is 3. The minimum atomic E-state index is -1.42. The molecule has 2 aromatic rings. The van der Waals surface area contributed by atoms with Crippen LogP contribution in [-0.4, -0.2) is 34.8 Å². The van der Waals surface area contributed by atoms with Gasteiger partial charge < -0.3 is 24.4 Å². The Hall–Kier alpha value is -3.25. The Labute approximate surface area is 187 Å². The normalized spacial score (nSPS) is 20.5. The Morgan fingerprint density at radius 1 is 1.19 bits per heavy atom.